The van der Waals surface area contributed by atoms with Crippen LogP contribution in [-0.4, -0.2) is 30.5 Å². The number of hydrogen-bond acceptors (Lipinski definition) is 4. The van der Waals surface area contributed by atoms with E-state index in [4.69, 9.17) is 9.47 Å². The van der Waals surface area contributed by atoms with Crippen molar-refractivity contribution in [2.45, 2.75) is 26.7 Å². The third-order valence-electron chi connectivity index (χ3n) is 3.50. The molecule has 1 aromatic rings. The van der Waals surface area contributed by atoms with Gasteiger partial charge in [-0.1, -0.05) is 46.3 Å². The second-order valence-electron chi connectivity index (χ2n) is 5.12. The van der Waals surface area contributed by atoms with Crippen LogP contribution in [0.15, 0.2) is 36.4 Å². The van der Waals surface area contributed by atoms with Crippen LogP contribution in [0.25, 0.3) is 0 Å². The van der Waals surface area contributed by atoms with E-state index in [1.165, 1.54) is 0 Å². The fraction of sp³-hybridized carbons (Fsp3) is 0.444. The zero-order valence-electron chi connectivity index (χ0n) is 13.9. The maximum Gasteiger partial charge on any atom is 0.324 e. The quantitative estimate of drug-likeness (QED) is 0.164. The predicted octanol–water partition coefficient (Wildman–Crippen LogP) is 4.29. The van der Waals surface area contributed by atoms with Gasteiger partial charge in [0.15, 0.2) is 5.41 Å². The Bertz CT molecular complexity index is 568. The molecule has 0 aromatic heterocycles. The highest BCUT2D eigenvalue weighted by atomic mass is 127. The van der Waals surface area contributed by atoms with Crippen molar-refractivity contribution in [3.63, 3.8) is 0 Å². The summed E-state index contributed by atoms with van der Waals surface area (Å²) in [5, 5.41) is 0.650. The van der Waals surface area contributed by atoms with Gasteiger partial charge in [0, 0.05) is 15.3 Å². The molecule has 0 amide bonds. The molecule has 0 atom stereocenters. The number of hydrogen-bond donors (Lipinski definition) is 0. The third kappa shape index (κ3) is 5.58. The first-order valence-electron chi connectivity index (χ1n) is 7.80. The molecule has 0 fully saturated rings. The molecule has 4 nitrogen and oxygen atoms in total. The maximum absolute atomic E-state index is 12.7. The van der Waals surface area contributed by atoms with Gasteiger partial charge in [0.1, 0.15) is 0 Å². The molecule has 0 saturated carbocycles. The van der Waals surface area contributed by atoms with Crippen molar-refractivity contribution in [1.82, 2.24) is 0 Å². The second kappa shape index (κ2) is 10.9. The minimum Gasteiger partial charge on any atom is -0.465 e. The first kappa shape index (κ1) is 21.2. The highest BCUT2D eigenvalue weighted by molar-refractivity contribution is 14.1. The Morgan fingerprint density at radius 2 is 1.71 bits per heavy atom. The predicted molar refractivity (Wildman–Crippen MR) is 106 cm³/mol. The number of rotatable bonds is 9. The van der Waals surface area contributed by atoms with Gasteiger partial charge in [-0.3, -0.25) is 9.59 Å². The molecule has 0 aliphatic carbocycles. The molecule has 6 heteroatoms. The molecule has 0 radical (unpaired) electrons. The van der Waals surface area contributed by atoms with Crippen LogP contribution in [0.1, 0.15) is 25.8 Å². The summed E-state index contributed by atoms with van der Waals surface area (Å²) in [5.74, 6) is -1.08. The minimum absolute atomic E-state index is 0.216. The summed E-state index contributed by atoms with van der Waals surface area (Å²) in [7, 11) is 0. The monoisotopic (exact) mass is 508 g/mol. The van der Waals surface area contributed by atoms with Gasteiger partial charge in [0.2, 0.25) is 0 Å². The van der Waals surface area contributed by atoms with E-state index in [0.717, 1.165) is 9.13 Å². The number of esters is 2. The Balaban J connectivity index is 3.31. The standard InChI is InChI=1S/C18H22BrIO4/c1-3-23-16(21)18(11-7-8-12-19,17(22)24-4-2)13-14-9-5-6-10-15(14)20/h5-10H,3-4,11-13H2,1-2H3/b8-7+. The number of benzene rings is 1. The molecule has 132 valence electrons. The first-order chi connectivity index (χ1) is 11.5. The van der Waals surface area contributed by atoms with Crippen LogP contribution >= 0.6 is 38.5 Å². The molecule has 0 N–H and O–H groups in total. The summed E-state index contributed by atoms with van der Waals surface area (Å²) in [4.78, 5) is 25.4. The highest BCUT2D eigenvalue weighted by Crippen LogP contribution is 2.33. The number of ether oxygens (including phenoxy) is 2. The van der Waals surface area contributed by atoms with Crippen molar-refractivity contribution >= 4 is 50.5 Å². The molecule has 0 saturated heterocycles. The van der Waals surface area contributed by atoms with E-state index in [1.807, 2.05) is 36.4 Å². The van der Waals surface area contributed by atoms with Crippen LogP contribution in [0.2, 0.25) is 0 Å². The number of allylic oxidation sites excluding steroid dienone is 2. The molecular formula is C18H22BrIO4. The fourth-order valence-corrected chi connectivity index (χ4v) is 3.16. The van der Waals surface area contributed by atoms with Crippen molar-refractivity contribution < 1.29 is 19.1 Å². The first-order valence-corrected chi connectivity index (χ1v) is 10.0. The Labute approximate surface area is 165 Å². The third-order valence-corrected chi connectivity index (χ3v) is 4.93. The summed E-state index contributed by atoms with van der Waals surface area (Å²) in [5.41, 5.74) is -0.446. The van der Waals surface area contributed by atoms with Crippen LogP contribution in [0.3, 0.4) is 0 Å². The van der Waals surface area contributed by atoms with Crippen molar-refractivity contribution in [2.24, 2.45) is 5.41 Å². The minimum atomic E-state index is -1.37. The number of halogens is 2. The molecule has 0 unspecified atom stereocenters. The Morgan fingerprint density at radius 1 is 1.12 bits per heavy atom. The lowest BCUT2D eigenvalue weighted by molar-refractivity contribution is -0.171. The summed E-state index contributed by atoms with van der Waals surface area (Å²) < 4.78 is 11.5. The second-order valence-corrected chi connectivity index (χ2v) is 6.93. The van der Waals surface area contributed by atoms with Gasteiger partial charge in [-0.2, -0.15) is 0 Å². The molecule has 0 bridgehead atoms. The summed E-state index contributed by atoms with van der Waals surface area (Å²) in [6.07, 6.45) is 4.17. The van der Waals surface area contributed by atoms with Gasteiger partial charge in [0.05, 0.1) is 13.2 Å². The highest BCUT2D eigenvalue weighted by Gasteiger charge is 2.48. The molecule has 0 heterocycles. The van der Waals surface area contributed by atoms with Gasteiger partial charge in [-0.25, -0.2) is 0 Å². The number of carbonyl (C=O) groups excluding carboxylic acids is 2. The topological polar surface area (TPSA) is 52.6 Å². The van der Waals surface area contributed by atoms with Crippen LogP contribution in [0, 0.1) is 8.99 Å². The van der Waals surface area contributed by atoms with Gasteiger partial charge in [0.25, 0.3) is 0 Å². The lowest BCUT2D eigenvalue weighted by atomic mass is 9.78. The molecule has 1 rings (SSSR count). The van der Waals surface area contributed by atoms with Gasteiger partial charge in [-0.15, -0.1) is 0 Å². The molecular weight excluding hydrogens is 487 g/mol. The van der Waals surface area contributed by atoms with Crippen LogP contribution in [-0.2, 0) is 25.5 Å². The van der Waals surface area contributed by atoms with Crippen molar-refractivity contribution in [2.75, 3.05) is 18.5 Å². The zero-order chi connectivity index (χ0) is 18.0. The average Bonchev–Trinajstić information content (AvgIpc) is 2.56. The molecule has 0 aliphatic heterocycles. The van der Waals surface area contributed by atoms with Crippen LogP contribution < -0.4 is 0 Å². The van der Waals surface area contributed by atoms with Gasteiger partial charge >= 0.3 is 11.9 Å². The van der Waals surface area contributed by atoms with Gasteiger partial charge in [-0.05, 0) is 54.5 Å². The van der Waals surface area contributed by atoms with E-state index in [2.05, 4.69) is 38.5 Å². The SMILES string of the molecule is CCOC(=O)C(C/C=C/CBr)(Cc1ccccc1I)C(=O)OCC. The maximum atomic E-state index is 12.7. The van der Waals surface area contributed by atoms with Crippen LogP contribution in [0.5, 0.6) is 0 Å². The largest absolute Gasteiger partial charge is 0.465 e. The summed E-state index contributed by atoms with van der Waals surface area (Å²) >= 11 is 5.52. The van der Waals surface area contributed by atoms with Crippen molar-refractivity contribution in [3.05, 3.63) is 45.6 Å². The molecule has 24 heavy (non-hydrogen) atoms. The Kier molecular flexibility index (Phi) is 9.58. The summed E-state index contributed by atoms with van der Waals surface area (Å²) in [6.45, 7) is 3.89. The average molecular weight is 509 g/mol. The van der Waals surface area contributed by atoms with E-state index in [-0.39, 0.29) is 26.1 Å². The molecule has 0 spiro atoms. The van der Waals surface area contributed by atoms with Gasteiger partial charge < -0.3 is 9.47 Å². The lowest BCUT2D eigenvalue weighted by Gasteiger charge is -2.28. The smallest absolute Gasteiger partial charge is 0.324 e. The van der Waals surface area contributed by atoms with E-state index in [0.29, 0.717) is 5.33 Å². The van der Waals surface area contributed by atoms with E-state index < -0.39 is 17.4 Å². The molecule has 0 aliphatic rings. The van der Waals surface area contributed by atoms with Crippen molar-refractivity contribution in [3.8, 4) is 0 Å². The van der Waals surface area contributed by atoms with Crippen LogP contribution in [0.4, 0.5) is 0 Å². The fourth-order valence-electron chi connectivity index (χ4n) is 2.32. The Morgan fingerprint density at radius 3 is 2.21 bits per heavy atom. The van der Waals surface area contributed by atoms with E-state index in [1.54, 1.807) is 13.8 Å². The zero-order valence-corrected chi connectivity index (χ0v) is 17.6. The normalized spacial score (nSPS) is 11.5. The number of alkyl halides is 1. The number of carbonyl (C=O) groups is 2. The lowest BCUT2D eigenvalue weighted by Crippen LogP contribution is -2.44. The van der Waals surface area contributed by atoms with E-state index >= 15 is 0 Å². The Hall–Kier alpha value is -0.890. The summed E-state index contributed by atoms with van der Waals surface area (Å²) in [6, 6.07) is 7.69. The van der Waals surface area contributed by atoms with E-state index in [9.17, 15) is 9.59 Å². The molecule has 1 aromatic carbocycles. The van der Waals surface area contributed by atoms with Crippen molar-refractivity contribution in [1.29, 1.82) is 0 Å².